The number of anilines is 1. The number of hydrogen-bond donors (Lipinski definition) is 1. The number of halogens is 3. The Hall–Kier alpha value is -1.13. The van der Waals surface area contributed by atoms with Crippen LogP contribution < -0.4 is 5.73 Å². The highest BCUT2D eigenvalue weighted by molar-refractivity contribution is 9.10. The van der Waals surface area contributed by atoms with E-state index in [2.05, 4.69) is 20.9 Å². The molecular weight excluding hydrogens is 307 g/mol. The van der Waals surface area contributed by atoms with Crippen molar-refractivity contribution in [2.45, 2.75) is 6.42 Å². The number of nitrogens with zero attached hydrogens (tertiary/aromatic N) is 1. The molecule has 0 bridgehead atoms. The summed E-state index contributed by atoms with van der Waals surface area (Å²) in [6.07, 6.45) is 1.84. The highest BCUT2D eigenvalue weighted by Crippen LogP contribution is 2.22. The molecule has 2 aromatic rings. The van der Waals surface area contributed by atoms with E-state index in [0.717, 1.165) is 10.0 Å². The first-order valence-electron chi connectivity index (χ1n) is 4.90. The molecule has 1 aromatic heterocycles. The van der Waals surface area contributed by atoms with Crippen LogP contribution in [-0.4, -0.2) is 4.98 Å². The zero-order valence-corrected chi connectivity index (χ0v) is 11.1. The monoisotopic (exact) mass is 314 g/mol. The number of nitrogen functional groups attached to an aromatic ring is 1. The van der Waals surface area contributed by atoms with E-state index in [-0.39, 0.29) is 5.82 Å². The average Bonchev–Trinajstić information content (AvgIpc) is 2.28. The molecule has 2 nitrogen and oxygen atoms in total. The first kappa shape index (κ1) is 12.3. The lowest BCUT2D eigenvalue weighted by atomic mass is 10.1. The number of nitrogens with two attached hydrogens (primary N) is 1. The Morgan fingerprint density at radius 1 is 1.29 bits per heavy atom. The van der Waals surface area contributed by atoms with Gasteiger partial charge in [-0.2, -0.15) is 0 Å². The van der Waals surface area contributed by atoms with Crippen molar-refractivity contribution in [3.8, 4) is 0 Å². The van der Waals surface area contributed by atoms with Crippen LogP contribution in [0.1, 0.15) is 11.1 Å². The van der Waals surface area contributed by atoms with Crippen LogP contribution in [-0.2, 0) is 6.42 Å². The minimum absolute atomic E-state index is 0.271. The summed E-state index contributed by atoms with van der Waals surface area (Å²) >= 11 is 9.14. The third kappa shape index (κ3) is 2.96. The molecule has 0 radical (unpaired) electrons. The summed E-state index contributed by atoms with van der Waals surface area (Å²) in [7, 11) is 0. The molecule has 0 aliphatic heterocycles. The third-order valence-electron chi connectivity index (χ3n) is 2.36. The summed E-state index contributed by atoms with van der Waals surface area (Å²) in [5.41, 5.74) is 6.99. The largest absolute Gasteiger partial charge is 0.383 e. The molecule has 88 valence electrons. The Bertz CT molecular complexity index is 511. The molecule has 0 saturated carbocycles. The second-order valence-electron chi connectivity index (χ2n) is 3.61. The number of aromatic nitrogens is 1. The lowest BCUT2D eigenvalue weighted by molar-refractivity contribution is 0.613. The first-order valence-corrected chi connectivity index (χ1v) is 6.07. The van der Waals surface area contributed by atoms with Crippen LogP contribution in [0.15, 0.2) is 34.9 Å². The van der Waals surface area contributed by atoms with Crippen LogP contribution in [0.5, 0.6) is 0 Å². The molecule has 5 heteroatoms. The quantitative estimate of drug-likeness (QED) is 0.915. The lowest BCUT2D eigenvalue weighted by Crippen LogP contribution is -2.00. The van der Waals surface area contributed by atoms with Crippen molar-refractivity contribution in [3.05, 3.63) is 56.9 Å². The normalized spacial score (nSPS) is 10.5. The number of benzene rings is 1. The fourth-order valence-electron chi connectivity index (χ4n) is 1.52. The minimum Gasteiger partial charge on any atom is -0.383 e. The Morgan fingerprint density at radius 2 is 2.06 bits per heavy atom. The van der Waals surface area contributed by atoms with E-state index in [1.807, 2.05) is 0 Å². The van der Waals surface area contributed by atoms with Crippen LogP contribution in [0.2, 0.25) is 5.02 Å². The van der Waals surface area contributed by atoms with E-state index < -0.39 is 0 Å². The van der Waals surface area contributed by atoms with Crippen molar-refractivity contribution in [2.24, 2.45) is 0 Å². The predicted molar refractivity (Wildman–Crippen MR) is 70.6 cm³/mol. The van der Waals surface area contributed by atoms with Gasteiger partial charge >= 0.3 is 0 Å². The van der Waals surface area contributed by atoms with E-state index in [1.165, 1.54) is 12.3 Å². The molecule has 0 amide bonds. The lowest BCUT2D eigenvalue weighted by Gasteiger charge is -2.07. The molecule has 0 aliphatic rings. The third-order valence-corrected chi connectivity index (χ3v) is 3.06. The zero-order valence-electron chi connectivity index (χ0n) is 8.75. The van der Waals surface area contributed by atoms with E-state index in [1.54, 1.807) is 18.2 Å². The molecular formula is C12H9BrClFN2. The molecule has 0 unspecified atom stereocenters. The first-order chi connectivity index (χ1) is 8.06. The SMILES string of the molecule is Nc1ncc(Cl)cc1Cc1cc(Br)ccc1F. The maximum absolute atomic E-state index is 13.6. The van der Waals surface area contributed by atoms with Crippen LogP contribution >= 0.6 is 27.5 Å². The minimum atomic E-state index is -0.271. The van der Waals surface area contributed by atoms with E-state index in [4.69, 9.17) is 17.3 Å². The Balaban J connectivity index is 2.37. The van der Waals surface area contributed by atoms with Gasteiger partial charge in [0, 0.05) is 22.7 Å². The summed E-state index contributed by atoms with van der Waals surface area (Å²) in [5.74, 6) is 0.0985. The molecule has 0 saturated heterocycles. The fraction of sp³-hybridized carbons (Fsp3) is 0.0833. The molecule has 0 spiro atoms. The second kappa shape index (κ2) is 5.02. The van der Waals surface area contributed by atoms with Crippen molar-refractivity contribution in [3.63, 3.8) is 0 Å². The second-order valence-corrected chi connectivity index (χ2v) is 4.96. The molecule has 0 fully saturated rings. The summed E-state index contributed by atoms with van der Waals surface area (Å²) in [4.78, 5) is 3.94. The van der Waals surface area contributed by atoms with Crippen LogP contribution in [0, 0.1) is 5.82 Å². The van der Waals surface area contributed by atoms with Crippen LogP contribution in [0.25, 0.3) is 0 Å². The van der Waals surface area contributed by atoms with E-state index in [9.17, 15) is 4.39 Å². The standard InChI is InChI=1S/C12H9BrClFN2/c13-9-1-2-11(15)7(4-9)3-8-5-10(14)6-17-12(8)16/h1-2,4-6H,3H2,(H2,16,17). The maximum atomic E-state index is 13.6. The predicted octanol–water partition coefficient (Wildman–Crippen LogP) is 3.81. The van der Waals surface area contributed by atoms with Crippen molar-refractivity contribution >= 4 is 33.3 Å². The van der Waals surface area contributed by atoms with Gasteiger partial charge in [-0.25, -0.2) is 9.37 Å². The molecule has 1 heterocycles. The van der Waals surface area contributed by atoms with Gasteiger partial charge < -0.3 is 5.73 Å². The Kier molecular flexibility index (Phi) is 3.64. The van der Waals surface area contributed by atoms with Gasteiger partial charge in [-0.15, -0.1) is 0 Å². The number of hydrogen-bond acceptors (Lipinski definition) is 2. The summed E-state index contributed by atoms with van der Waals surface area (Å²) in [6, 6.07) is 6.48. The van der Waals surface area contributed by atoms with Gasteiger partial charge in [-0.05, 0) is 29.8 Å². The van der Waals surface area contributed by atoms with Gasteiger partial charge in [-0.3, -0.25) is 0 Å². The topological polar surface area (TPSA) is 38.9 Å². The van der Waals surface area contributed by atoms with Gasteiger partial charge in [-0.1, -0.05) is 27.5 Å². The number of pyridine rings is 1. The molecule has 0 atom stereocenters. The molecule has 0 aliphatic carbocycles. The van der Waals surface area contributed by atoms with Gasteiger partial charge in [0.1, 0.15) is 11.6 Å². The van der Waals surface area contributed by atoms with Crippen LogP contribution in [0.3, 0.4) is 0 Å². The molecule has 17 heavy (non-hydrogen) atoms. The van der Waals surface area contributed by atoms with Crippen molar-refractivity contribution in [1.82, 2.24) is 4.98 Å². The summed E-state index contributed by atoms with van der Waals surface area (Å²) in [6.45, 7) is 0. The Morgan fingerprint density at radius 3 is 2.82 bits per heavy atom. The Labute approximate surface area is 112 Å². The van der Waals surface area contributed by atoms with Crippen LogP contribution in [0.4, 0.5) is 10.2 Å². The highest BCUT2D eigenvalue weighted by Gasteiger charge is 2.08. The molecule has 1 aromatic carbocycles. The maximum Gasteiger partial charge on any atom is 0.126 e. The summed E-state index contributed by atoms with van der Waals surface area (Å²) < 4.78 is 14.4. The number of rotatable bonds is 2. The smallest absolute Gasteiger partial charge is 0.126 e. The van der Waals surface area contributed by atoms with Gasteiger partial charge in [0.15, 0.2) is 0 Å². The van der Waals surface area contributed by atoms with Crippen molar-refractivity contribution in [2.75, 3.05) is 5.73 Å². The van der Waals surface area contributed by atoms with Gasteiger partial charge in [0.2, 0.25) is 0 Å². The fourth-order valence-corrected chi connectivity index (χ4v) is 2.11. The van der Waals surface area contributed by atoms with Gasteiger partial charge in [0.05, 0.1) is 5.02 Å². The zero-order chi connectivity index (χ0) is 12.4. The summed E-state index contributed by atoms with van der Waals surface area (Å²) in [5, 5.41) is 0.490. The average molecular weight is 316 g/mol. The highest BCUT2D eigenvalue weighted by atomic mass is 79.9. The van der Waals surface area contributed by atoms with E-state index in [0.29, 0.717) is 22.8 Å². The van der Waals surface area contributed by atoms with E-state index >= 15 is 0 Å². The van der Waals surface area contributed by atoms with Crippen molar-refractivity contribution in [1.29, 1.82) is 0 Å². The van der Waals surface area contributed by atoms with Gasteiger partial charge in [0.25, 0.3) is 0 Å². The van der Waals surface area contributed by atoms with Crippen molar-refractivity contribution < 1.29 is 4.39 Å². The molecule has 2 N–H and O–H groups in total. The molecule has 2 rings (SSSR count).